The number of hydrogen-bond donors (Lipinski definition) is 0. The standard InChI is InChI=1S/C26H54O/c1-4-7-9-11-13-15-16-18-20-22-24-26(25-27-6-3)23-21-19-17-14-12-10-8-5-2/h26H,4-25H2,1-3H3. The third-order valence-corrected chi connectivity index (χ3v) is 5.99. The van der Waals surface area contributed by atoms with Crippen LogP contribution < -0.4 is 0 Å². The molecule has 0 aromatic heterocycles. The average molecular weight is 383 g/mol. The molecule has 0 fully saturated rings. The Morgan fingerprint density at radius 1 is 0.444 bits per heavy atom. The number of hydrogen-bond acceptors (Lipinski definition) is 1. The maximum atomic E-state index is 5.76. The first-order valence-electron chi connectivity index (χ1n) is 12.9. The highest BCUT2D eigenvalue weighted by molar-refractivity contribution is 4.60. The minimum Gasteiger partial charge on any atom is -0.381 e. The highest BCUT2D eigenvalue weighted by Crippen LogP contribution is 2.20. The van der Waals surface area contributed by atoms with Crippen molar-refractivity contribution >= 4 is 0 Å². The summed E-state index contributed by atoms with van der Waals surface area (Å²) in [4.78, 5) is 0. The van der Waals surface area contributed by atoms with E-state index in [1.807, 2.05) is 0 Å². The summed E-state index contributed by atoms with van der Waals surface area (Å²) >= 11 is 0. The molecule has 1 unspecified atom stereocenters. The van der Waals surface area contributed by atoms with Crippen LogP contribution in [0, 0.1) is 5.92 Å². The van der Waals surface area contributed by atoms with Gasteiger partial charge in [0, 0.05) is 13.2 Å². The van der Waals surface area contributed by atoms with Crippen molar-refractivity contribution in [1.29, 1.82) is 0 Å². The smallest absolute Gasteiger partial charge is 0.0494 e. The molecule has 0 heterocycles. The molecule has 0 bridgehead atoms. The van der Waals surface area contributed by atoms with Crippen LogP contribution in [0.2, 0.25) is 0 Å². The molecule has 0 radical (unpaired) electrons. The molecule has 0 aliphatic rings. The van der Waals surface area contributed by atoms with Crippen LogP contribution in [0.15, 0.2) is 0 Å². The topological polar surface area (TPSA) is 9.23 Å². The van der Waals surface area contributed by atoms with Gasteiger partial charge in [-0.1, -0.05) is 129 Å². The molecule has 1 heteroatoms. The summed E-state index contributed by atoms with van der Waals surface area (Å²) in [6.45, 7) is 8.62. The molecule has 0 saturated carbocycles. The van der Waals surface area contributed by atoms with Gasteiger partial charge in [0.2, 0.25) is 0 Å². The van der Waals surface area contributed by atoms with Gasteiger partial charge in [0.25, 0.3) is 0 Å². The SMILES string of the molecule is CCCCCCCCCCCCC(CCCCCCCCCC)COCC. The third-order valence-electron chi connectivity index (χ3n) is 5.99. The van der Waals surface area contributed by atoms with Gasteiger partial charge >= 0.3 is 0 Å². The van der Waals surface area contributed by atoms with E-state index in [1.165, 1.54) is 128 Å². The van der Waals surface area contributed by atoms with Gasteiger partial charge in [0.05, 0.1) is 0 Å². The Hall–Kier alpha value is -0.0400. The van der Waals surface area contributed by atoms with Gasteiger partial charge in [-0.3, -0.25) is 0 Å². The molecule has 27 heavy (non-hydrogen) atoms. The van der Waals surface area contributed by atoms with E-state index in [1.54, 1.807) is 0 Å². The zero-order chi connectivity index (χ0) is 19.8. The van der Waals surface area contributed by atoms with E-state index in [9.17, 15) is 0 Å². The van der Waals surface area contributed by atoms with E-state index >= 15 is 0 Å². The van der Waals surface area contributed by atoms with Crippen molar-refractivity contribution in [2.75, 3.05) is 13.2 Å². The minimum atomic E-state index is 0.819. The molecule has 1 atom stereocenters. The molecular formula is C26H54O. The van der Waals surface area contributed by atoms with Gasteiger partial charge in [-0.15, -0.1) is 0 Å². The zero-order valence-electron chi connectivity index (χ0n) is 19.5. The molecule has 0 N–H and O–H groups in total. The second kappa shape index (κ2) is 24.0. The second-order valence-electron chi connectivity index (χ2n) is 8.76. The summed E-state index contributed by atoms with van der Waals surface area (Å²) < 4.78 is 5.76. The van der Waals surface area contributed by atoms with Crippen molar-refractivity contribution in [3.05, 3.63) is 0 Å². The van der Waals surface area contributed by atoms with Crippen molar-refractivity contribution in [2.45, 2.75) is 149 Å². The largest absolute Gasteiger partial charge is 0.381 e. The summed E-state index contributed by atoms with van der Waals surface area (Å²) in [6, 6.07) is 0. The molecule has 0 rings (SSSR count). The van der Waals surface area contributed by atoms with Crippen LogP contribution >= 0.6 is 0 Å². The summed E-state index contributed by atoms with van der Waals surface area (Å²) in [5, 5.41) is 0. The first-order chi connectivity index (χ1) is 13.3. The molecule has 0 amide bonds. The molecule has 0 aliphatic carbocycles. The quantitative estimate of drug-likeness (QED) is 0.160. The maximum absolute atomic E-state index is 5.76. The molecule has 0 aromatic carbocycles. The minimum absolute atomic E-state index is 0.819. The van der Waals surface area contributed by atoms with Crippen molar-refractivity contribution < 1.29 is 4.74 Å². The Kier molecular flexibility index (Phi) is 24.0. The van der Waals surface area contributed by atoms with E-state index in [4.69, 9.17) is 4.74 Å². The van der Waals surface area contributed by atoms with Crippen LogP contribution in [0.3, 0.4) is 0 Å². The number of ether oxygens (including phenoxy) is 1. The Bertz CT molecular complexity index is 251. The van der Waals surface area contributed by atoms with Crippen molar-refractivity contribution in [2.24, 2.45) is 5.92 Å². The van der Waals surface area contributed by atoms with E-state index in [0.717, 1.165) is 19.1 Å². The zero-order valence-corrected chi connectivity index (χ0v) is 19.5. The Morgan fingerprint density at radius 3 is 1.11 bits per heavy atom. The fourth-order valence-electron chi connectivity index (χ4n) is 4.08. The van der Waals surface area contributed by atoms with Crippen LogP contribution in [-0.4, -0.2) is 13.2 Å². The molecule has 164 valence electrons. The Morgan fingerprint density at radius 2 is 0.778 bits per heavy atom. The molecular weight excluding hydrogens is 328 g/mol. The Balaban J connectivity index is 3.52. The molecule has 0 saturated heterocycles. The van der Waals surface area contributed by atoms with Gasteiger partial charge in [0.1, 0.15) is 0 Å². The maximum Gasteiger partial charge on any atom is 0.0494 e. The van der Waals surface area contributed by atoms with E-state index < -0.39 is 0 Å². The Labute approximate surface area is 173 Å². The first kappa shape index (κ1) is 27.0. The lowest BCUT2D eigenvalue weighted by Gasteiger charge is -2.16. The van der Waals surface area contributed by atoms with Crippen LogP contribution in [0.25, 0.3) is 0 Å². The highest BCUT2D eigenvalue weighted by atomic mass is 16.5. The summed E-state index contributed by atoms with van der Waals surface area (Å²) in [6.07, 6.45) is 28.6. The fraction of sp³-hybridized carbons (Fsp3) is 1.00. The third kappa shape index (κ3) is 22.1. The fourth-order valence-corrected chi connectivity index (χ4v) is 4.08. The van der Waals surface area contributed by atoms with Gasteiger partial charge in [-0.2, -0.15) is 0 Å². The van der Waals surface area contributed by atoms with Gasteiger partial charge in [-0.25, -0.2) is 0 Å². The van der Waals surface area contributed by atoms with Crippen molar-refractivity contribution in [1.82, 2.24) is 0 Å². The summed E-state index contributed by atoms with van der Waals surface area (Å²) in [7, 11) is 0. The summed E-state index contributed by atoms with van der Waals surface area (Å²) in [5.74, 6) is 0.819. The number of rotatable bonds is 23. The van der Waals surface area contributed by atoms with Crippen LogP contribution in [0.5, 0.6) is 0 Å². The van der Waals surface area contributed by atoms with Crippen LogP contribution in [0.1, 0.15) is 149 Å². The lowest BCUT2D eigenvalue weighted by Crippen LogP contribution is -2.10. The van der Waals surface area contributed by atoms with Gasteiger partial charge in [-0.05, 0) is 25.7 Å². The summed E-state index contributed by atoms with van der Waals surface area (Å²) in [5.41, 5.74) is 0. The monoisotopic (exact) mass is 382 g/mol. The van der Waals surface area contributed by atoms with Crippen LogP contribution in [-0.2, 0) is 4.74 Å². The number of unbranched alkanes of at least 4 members (excludes halogenated alkanes) is 16. The van der Waals surface area contributed by atoms with E-state index in [-0.39, 0.29) is 0 Å². The molecule has 1 nitrogen and oxygen atoms in total. The van der Waals surface area contributed by atoms with E-state index in [2.05, 4.69) is 20.8 Å². The van der Waals surface area contributed by atoms with E-state index in [0.29, 0.717) is 0 Å². The average Bonchev–Trinajstić information content (AvgIpc) is 2.68. The normalized spacial score (nSPS) is 12.6. The predicted molar refractivity (Wildman–Crippen MR) is 124 cm³/mol. The second-order valence-corrected chi connectivity index (χ2v) is 8.76. The highest BCUT2D eigenvalue weighted by Gasteiger charge is 2.08. The van der Waals surface area contributed by atoms with Gasteiger partial charge < -0.3 is 4.74 Å². The predicted octanol–water partition coefficient (Wildman–Crippen LogP) is 9.48. The molecule has 0 aliphatic heterocycles. The first-order valence-corrected chi connectivity index (χ1v) is 12.9. The lowest BCUT2D eigenvalue weighted by molar-refractivity contribution is 0.101. The van der Waals surface area contributed by atoms with Gasteiger partial charge in [0.15, 0.2) is 0 Å². The van der Waals surface area contributed by atoms with Crippen molar-refractivity contribution in [3.63, 3.8) is 0 Å². The lowest BCUT2D eigenvalue weighted by atomic mass is 9.94. The molecule has 0 spiro atoms. The van der Waals surface area contributed by atoms with Crippen molar-refractivity contribution in [3.8, 4) is 0 Å². The van der Waals surface area contributed by atoms with Crippen LogP contribution in [0.4, 0.5) is 0 Å². The molecule has 0 aromatic rings.